The molecule has 12 heteroatoms. The number of hydrogen-bond acceptors (Lipinski definition) is 7. The molecule has 0 saturated carbocycles. The van der Waals surface area contributed by atoms with Gasteiger partial charge in [0.1, 0.15) is 16.5 Å². The smallest absolute Gasteiger partial charge is 0.416 e. The van der Waals surface area contributed by atoms with Crippen LogP contribution >= 0.6 is 11.6 Å². The number of carboxylic acids is 1. The first-order valence-electron chi connectivity index (χ1n) is 11.1. The van der Waals surface area contributed by atoms with Gasteiger partial charge in [-0.3, -0.25) is 4.79 Å². The monoisotopic (exact) mass is 544 g/mol. The lowest BCUT2D eigenvalue weighted by Crippen LogP contribution is -2.15. The molecule has 0 saturated heterocycles. The predicted molar refractivity (Wildman–Crippen MR) is 139 cm³/mol. The second-order valence-corrected chi connectivity index (χ2v) is 8.70. The quantitative estimate of drug-likeness (QED) is 0.156. The average molecular weight is 545 g/mol. The van der Waals surface area contributed by atoms with Crippen LogP contribution in [0.1, 0.15) is 40.1 Å². The number of halogens is 4. The van der Waals surface area contributed by atoms with Crippen molar-refractivity contribution in [2.75, 3.05) is 17.7 Å². The highest BCUT2D eigenvalue weighted by Gasteiger charge is 2.33. The molecule has 0 fully saturated rings. The standard InChI is InChI=1S/C26H20ClF3N4O4/c1-12(33-19-5-6-22(27)34-23(19)25(36)37)16-8-15(26(28,29)30)9-17-20(35)10-21(38-24(16)17)13-3-4-18(32-2)14(7-13)11-31/h3-12,31-33H,1-2H3,(H,36,37). The molecule has 0 aliphatic heterocycles. The Morgan fingerprint density at radius 2 is 1.87 bits per heavy atom. The molecular weight excluding hydrogens is 525 g/mol. The number of carbonyl (C=O) groups is 1. The van der Waals surface area contributed by atoms with Crippen LogP contribution in [0.25, 0.3) is 22.3 Å². The number of carboxylic acid groups (broad SMARTS) is 1. The number of aromatic carboxylic acids is 1. The van der Waals surface area contributed by atoms with Gasteiger partial charge < -0.3 is 25.6 Å². The maximum absolute atomic E-state index is 13.7. The summed E-state index contributed by atoms with van der Waals surface area (Å²) in [7, 11) is 1.68. The Labute approximate surface area is 218 Å². The van der Waals surface area contributed by atoms with Crippen LogP contribution in [-0.4, -0.2) is 29.3 Å². The zero-order valence-corrected chi connectivity index (χ0v) is 20.7. The zero-order chi connectivity index (χ0) is 27.8. The second kappa shape index (κ2) is 10.2. The third-order valence-corrected chi connectivity index (χ3v) is 6.06. The Balaban J connectivity index is 1.92. The van der Waals surface area contributed by atoms with Crippen molar-refractivity contribution >= 4 is 46.1 Å². The van der Waals surface area contributed by atoms with E-state index in [1.165, 1.54) is 19.1 Å². The SMILES string of the molecule is CNc1ccc(-c2cc(=O)c3cc(C(F)(F)F)cc(C(C)Nc4ccc(Cl)nc4C(=O)O)c3o2)cc1C=N. The highest BCUT2D eigenvalue weighted by Crippen LogP contribution is 2.37. The first-order valence-corrected chi connectivity index (χ1v) is 11.5. The van der Waals surface area contributed by atoms with Crippen LogP contribution in [0.2, 0.25) is 5.15 Å². The number of nitrogens with zero attached hydrogens (tertiary/aromatic N) is 1. The normalized spacial score (nSPS) is 12.3. The summed E-state index contributed by atoms with van der Waals surface area (Å²) in [5, 5.41) is 22.5. The molecule has 4 aromatic rings. The second-order valence-electron chi connectivity index (χ2n) is 8.31. The fraction of sp³-hybridized carbons (Fsp3) is 0.154. The van der Waals surface area contributed by atoms with Crippen molar-refractivity contribution < 1.29 is 27.5 Å². The minimum atomic E-state index is -4.76. The van der Waals surface area contributed by atoms with E-state index in [1.54, 1.807) is 25.2 Å². The van der Waals surface area contributed by atoms with Crippen LogP contribution in [0.3, 0.4) is 0 Å². The van der Waals surface area contributed by atoms with Gasteiger partial charge in [0, 0.05) is 41.7 Å². The van der Waals surface area contributed by atoms with Gasteiger partial charge in [-0.25, -0.2) is 9.78 Å². The highest BCUT2D eigenvalue weighted by atomic mass is 35.5. The number of rotatable bonds is 7. The fourth-order valence-electron chi connectivity index (χ4n) is 4.00. The lowest BCUT2D eigenvalue weighted by Gasteiger charge is -2.20. The van der Waals surface area contributed by atoms with Crippen LogP contribution in [0.5, 0.6) is 0 Å². The van der Waals surface area contributed by atoms with Gasteiger partial charge in [-0.1, -0.05) is 11.6 Å². The molecule has 38 heavy (non-hydrogen) atoms. The number of pyridine rings is 1. The van der Waals surface area contributed by atoms with Crippen LogP contribution in [0.15, 0.2) is 57.7 Å². The number of hydrogen-bond donors (Lipinski definition) is 4. The average Bonchev–Trinajstić information content (AvgIpc) is 2.87. The number of anilines is 2. The predicted octanol–water partition coefficient (Wildman–Crippen LogP) is 6.44. The Hall–Kier alpha value is -4.38. The Morgan fingerprint density at radius 1 is 1.16 bits per heavy atom. The molecular formula is C26H20ClF3N4O4. The molecule has 196 valence electrons. The lowest BCUT2D eigenvalue weighted by atomic mass is 9.99. The molecule has 0 aliphatic rings. The summed E-state index contributed by atoms with van der Waals surface area (Å²) in [5.41, 5.74) is -0.711. The number of fused-ring (bicyclic) bond motifs is 1. The molecule has 0 bridgehead atoms. The van der Waals surface area contributed by atoms with Gasteiger partial charge in [0.15, 0.2) is 11.1 Å². The van der Waals surface area contributed by atoms with E-state index in [0.717, 1.165) is 24.4 Å². The maximum Gasteiger partial charge on any atom is 0.416 e. The zero-order valence-electron chi connectivity index (χ0n) is 19.9. The largest absolute Gasteiger partial charge is 0.476 e. The molecule has 8 nitrogen and oxygen atoms in total. The van der Waals surface area contributed by atoms with Crippen molar-refractivity contribution in [3.63, 3.8) is 0 Å². The Kier molecular flexibility index (Phi) is 7.14. The minimum Gasteiger partial charge on any atom is -0.476 e. The Morgan fingerprint density at radius 3 is 2.50 bits per heavy atom. The molecule has 4 N–H and O–H groups in total. The van der Waals surface area contributed by atoms with E-state index in [9.17, 15) is 27.9 Å². The van der Waals surface area contributed by atoms with Gasteiger partial charge in [0.25, 0.3) is 0 Å². The first kappa shape index (κ1) is 26.7. The number of alkyl halides is 3. The van der Waals surface area contributed by atoms with Gasteiger partial charge in [0.2, 0.25) is 0 Å². The maximum atomic E-state index is 13.7. The first-order chi connectivity index (χ1) is 17.9. The van der Waals surface area contributed by atoms with Gasteiger partial charge in [-0.05, 0) is 49.4 Å². The molecule has 2 aromatic heterocycles. The van der Waals surface area contributed by atoms with Crippen molar-refractivity contribution in [1.82, 2.24) is 4.98 Å². The third kappa shape index (κ3) is 5.18. The number of aromatic nitrogens is 1. The van der Waals surface area contributed by atoms with Crippen LogP contribution in [0, 0.1) is 5.41 Å². The molecule has 0 aliphatic carbocycles. The van der Waals surface area contributed by atoms with Gasteiger partial charge >= 0.3 is 12.1 Å². The summed E-state index contributed by atoms with van der Waals surface area (Å²) in [6, 6.07) is 9.32. The van der Waals surface area contributed by atoms with Gasteiger partial charge in [-0.15, -0.1) is 0 Å². The summed E-state index contributed by atoms with van der Waals surface area (Å²) < 4.78 is 47.2. The van der Waals surface area contributed by atoms with Crippen molar-refractivity contribution in [2.45, 2.75) is 19.1 Å². The van der Waals surface area contributed by atoms with E-state index in [1.807, 2.05) is 0 Å². The van der Waals surface area contributed by atoms with E-state index in [0.29, 0.717) is 16.8 Å². The highest BCUT2D eigenvalue weighted by molar-refractivity contribution is 6.29. The van der Waals surface area contributed by atoms with E-state index in [2.05, 4.69) is 15.6 Å². The summed E-state index contributed by atoms with van der Waals surface area (Å²) in [4.78, 5) is 28.4. The number of benzene rings is 2. The summed E-state index contributed by atoms with van der Waals surface area (Å²) in [6.07, 6.45) is -3.65. The molecule has 0 amide bonds. The van der Waals surface area contributed by atoms with E-state index in [4.69, 9.17) is 21.4 Å². The van der Waals surface area contributed by atoms with Gasteiger partial charge in [-0.2, -0.15) is 13.2 Å². The molecule has 0 spiro atoms. The van der Waals surface area contributed by atoms with Gasteiger partial charge in [0.05, 0.1) is 22.7 Å². The number of nitrogens with one attached hydrogen (secondary N) is 3. The summed E-state index contributed by atoms with van der Waals surface area (Å²) in [5.74, 6) is -1.31. The molecule has 2 aromatic carbocycles. The van der Waals surface area contributed by atoms with Crippen molar-refractivity contribution in [1.29, 1.82) is 5.41 Å². The molecule has 2 heterocycles. The van der Waals surface area contributed by atoms with E-state index >= 15 is 0 Å². The summed E-state index contributed by atoms with van der Waals surface area (Å²) >= 11 is 5.80. The third-order valence-electron chi connectivity index (χ3n) is 5.85. The summed E-state index contributed by atoms with van der Waals surface area (Å²) in [6.45, 7) is 1.50. The molecule has 1 atom stereocenters. The van der Waals surface area contributed by atoms with E-state index in [-0.39, 0.29) is 33.1 Å². The topological polar surface area (TPSA) is 128 Å². The van der Waals surface area contributed by atoms with Crippen LogP contribution in [0.4, 0.5) is 24.5 Å². The molecule has 1 unspecified atom stereocenters. The van der Waals surface area contributed by atoms with Crippen LogP contribution < -0.4 is 16.1 Å². The van der Waals surface area contributed by atoms with Crippen molar-refractivity contribution in [3.8, 4) is 11.3 Å². The van der Waals surface area contributed by atoms with Crippen molar-refractivity contribution in [2.24, 2.45) is 0 Å². The fourth-order valence-corrected chi connectivity index (χ4v) is 4.15. The minimum absolute atomic E-state index is 0.0109. The lowest BCUT2D eigenvalue weighted by molar-refractivity contribution is -0.137. The van der Waals surface area contributed by atoms with Crippen molar-refractivity contribution in [3.05, 3.63) is 86.3 Å². The molecule has 4 rings (SSSR count). The molecule has 0 radical (unpaired) electrons. The van der Waals surface area contributed by atoms with E-state index < -0.39 is 34.9 Å². The van der Waals surface area contributed by atoms with Crippen LogP contribution in [-0.2, 0) is 6.18 Å². The Bertz CT molecular complexity index is 1640.